The van der Waals surface area contributed by atoms with Crippen LogP contribution in [-0.4, -0.2) is 27.6 Å². The lowest BCUT2D eigenvalue weighted by Crippen LogP contribution is -2.15. The molecule has 3 rings (SSSR count). The van der Waals surface area contributed by atoms with Gasteiger partial charge in [0.15, 0.2) is 5.65 Å². The quantitative estimate of drug-likeness (QED) is 0.761. The van der Waals surface area contributed by atoms with Crippen molar-refractivity contribution in [3.8, 4) is 5.75 Å². The van der Waals surface area contributed by atoms with Gasteiger partial charge >= 0.3 is 0 Å². The molecule has 7 heteroatoms. The van der Waals surface area contributed by atoms with Crippen molar-refractivity contribution in [1.29, 1.82) is 0 Å². The number of hydrogen-bond acceptors (Lipinski definition) is 4. The Hall–Kier alpha value is -2.96. The van der Waals surface area contributed by atoms with Gasteiger partial charge in [-0.25, -0.2) is 13.9 Å². The first-order valence-corrected chi connectivity index (χ1v) is 8.35. The number of amides is 1. The zero-order valence-electron chi connectivity index (χ0n) is 15.3. The lowest BCUT2D eigenvalue weighted by atomic mass is 10.1. The number of fused-ring (bicyclic) bond motifs is 1. The van der Waals surface area contributed by atoms with Crippen LogP contribution in [0.5, 0.6) is 5.75 Å². The van der Waals surface area contributed by atoms with E-state index in [-0.39, 0.29) is 12.3 Å². The number of nitrogens with one attached hydrogen (secondary N) is 1. The summed E-state index contributed by atoms with van der Waals surface area (Å²) in [5.41, 5.74) is 5.03. The maximum absolute atomic E-state index is 13.3. The number of aryl methyl sites for hydroxylation is 3. The Kier molecular flexibility index (Phi) is 4.88. The molecule has 26 heavy (non-hydrogen) atoms. The van der Waals surface area contributed by atoms with Crippen LogP contribution in [0.1, 0.15) is 29.1 Å². The first kappa shape index (κ1) is 17.8. The van der Waals surface area contributed by atoms with Crippen molar-refractivity contribution >= 4 is 17.2 Å². The summed E-state index contributed by atoms with van der Waals surface area (Å²) in [6.07, 6.45) is 0.810. The summed E-state index contributed by atoms with van der Waals surface area (Å²) < 4.78 is 20.2. The minimum atomic E-state index is -0.417. The van der Waals surface area contributed by atoms with E-state index >= 15 is 0 Å². The van der Waals surface area contributed by atoms with Crippen LogP contribution in [0.2, 0.25) is 0 Å². The first-order chi connectivity index (χ1) is 12.4. The molecule has 0 atom stereocenters. The monoisotopic (exact) mass is 356 g/mol. The maximum atomic E-state index is 13.3. The Morgan fingerprint density at radius 3 is 2.77 bits per heavy atom. The second-order valence-corrected chi connectivity index (χ2v) is 6.21. The summed E-state index contributed by atoms with van der Waals surface area (Å²) in [7, 11) is 1.43. The Morgan fingerprint density at radius 2 is 2.04 bits per heavy atom. The predicted molar refractivity (Wildman–Crippen MR) is 97.1 cm³/mol. The SMILES string of the molecule is COc1cc(F)ccc1NC(=O)CCc1c(C)nc2cc(C)nn2c1C. The summed E-state index contributed by atoms with van der Waals surface area (Å²) in [4.78, 5) is 16.9. The van der Waals surface area contributed by atoms with E-state index in [9.17, 15) is 9.18 Å². The van der Waals surface area contributed by atoms with Gasteiger partial charge in [0.25, 0.3) is 0 Å². The molecule has 0 saturated carbocycles. The van der Waals surface area contributed by atoms with E-state index in [1.807, 2.05) is 26.8 Å². The van der Waals surface area contributed by atoms with Gasteiger partial charge in [-0.05, 0) is 44.9 Å². The lowest BCUT2D eigenvalue weighted by Gasteiger charge is -2.12. The molecule has 0 aliphatic carbocycles. The third-order valence-corrected chi connectivity index (χ3v) is 4.33. The molecule has 0 bridgehead atoms. The lowest BCUT2D eigenvalue weighted by molar-refractivity contribution is -0.116. The van der Waals surface area contributed by atoms with Gasteiger partial charge < -0.3 is 10.1 Å². The maximum Gasteiger partial charge on any atom is 0.224 e. The standard InChI is InChI=1S/C19H21FN4O2/c1-11-9-18-21-12(2)15(13(3)24(18)23-11)6-8-19(25)22-16-7-5-14(20)10-17(16)26-4/h5,7,9-10H,6,8H2,1-4H3,(H,22,25). The average molecular weight is 356 g/mol. The van der Waals surface area contributed by atoms with Crippen molar-refractivity contribution in [2.75, 3.05) is 12.4 Å². The number of carbonyl (C=O) groups is 1. The van der Waals surface area contributed by atoms with Crippen LogP contribution in [0.15, 0.2) is 24.3 Å². The van der Waals surface area contributed by atoms with Crippen molar-refractivity contribution in [3.63, 3.8) is 0 Å². The third kappa shape index (κ3) is 3.51. The van der Waals surface area contributed by atoms with E-state index in [2.05, 4.69) is 15.4 Å². The van der Waals surface area contributed by atoms with Crippen molar-refractivity contribution in [2.24, 2.45) is 0 Å². The van der Waals surface area contributed by atoms with E-state index in [1.54, 1.807) is 4.52 Å². The van der Waals surface area contributed by atoms with E-state index < -0.39 is 5.82 Å². The van der Waals surface area contributed by atoms with Crippen molar-refractivity contribution in [1.82, 2.24) is 14.6 Å². The fraction of sp³-hybridized carbons (Fsp3) is 0.316. The second-order valence-electron chi connectivity index (χ2n) is 6.21. The number of aromatic nitrogens is 3. The van der Waals surface area contributed by atoms with Gasteiger partial charge in [-0.2, -0.15) is 5.10 Å². The van der Waals surface area contributed by atoms with Gasteiger partial charge in [0.1, 0.15) is 11.6 Å². The number of carbonyl (C=O) groups excluding carboxylic acids is 1. The molecule has 3 aromatic rings. The highest BCUT2D eigenvalue weighted by atomic mass is 19.1. The molecular formula is C19H21FN4O2. The number of methoxy groups -OCH3 is 1. The van der Waals surface area contributed by atoms with Crippen LogP contribution in [-0.2, 0) is 11.2 Å². The van der Waals surface area contributed by atoms with E-state index in [0.717, 1.165) is 28.3 Å². The number of hydrogen-bond donors (Lipinski definition) is 1. The number of benzene rings is 1. The third-order valence-electron chi connectivity index (χ3n) is 4.33. The minimum absolute atomic E-state index is 0.176. The highest BCUT2D eigenvalue weighted by molar-refractivity contribution is 5.92. The predicted octanol–water partition coefficient (Wildman–Crippen LogP) is 3.37. The molecule has 0 spiro atoms. The Morgan fingerprint density at radius 1 is 1.27 bits per heavy atom. The van der Waals surface area contributed by atoms with Crippen LogP contribution in [0.3, 0.4) is 0 Å². The smallest absolute Gasteiger partial charge is 0.224 e. The number of anilines is 1. The zero-order valence-corrected chi connectivity index (χ0v) is 15.3. The summed E-state index contributed by atoms with van der Waals surface area (Å²) in [5.74, 6) is -0.300. The molecule has 0 aliphatic rings. The summed E-state index contributed by atoms with van der Waals surface area (Å²) in [6, 6.07) is 5.94. The number of halogens is 1. The molecular weight excluding hydrogens is 335 g/mol. The molecule has 1 amide bonds. The highest BCUT2D eigenvalue weighted by Crippen LogP contribution is 2.25. The fourth-order valence-electron chi connectivity index (χ4n) is 3.02. The van der Waals surface area contributed by atoms with Crippen LogP contribution in [0.25, 0.3) is 5.65 Å². The molecule has 0 saturated heterocycles. The molecule has 2 heterocycles. The largest absolute Gasteiger partial charge is 0.494 e. The molecule has 0 radical (unpaired) electrons. The Balaban J connectivity index is 1.75. The van der Waals surface area contributed by atoms with E-state index in [0.29, 0.717) is 17.9 Å². The van der Waals surface area contributed by atoms with E-state index in [4.69, 9.17) is 4.74 Å². The van der Waals surface area contributed by atoms with Gasteiger partial charge in [-0.3, -0.25) is 4.79 Å². The average Bonchev–Trinajstić information content (AvgIpc) is 2.96. The van der Waals surface area contributed by atoms with Gasteiger partial charge in [0, 0.05) is 29.9 Å². The molecule has 0 fully saturated rings. The Labute approximate surface area is 151 Å². The van der Waals surface area contributed by atoms with Crippen molar-refractivity contribution in [3.05, 3.63) is 52.7 Å². The van der Waals surface area contributed by atoms with Gasteiger partial charge in [-0.15, -0.1) is 0 Å². The number of ether oxygens (including phenoxy) is 1. The van der Waals surface area contributed by atoms with Crippen LogP contribution >= 0.6 is 0 Å². The minimum Gasteiger partial charge on any atom is -0.494 e. The van der Waals surface area contributed by atoms with Crippen LogP contribution < -0.4 is 10.1 Å². The summed E-state index contributed by atoms with van der Waals surface area (Å²) >= 11 is 0. The summed E-state index contributed by atoms with van der Waals surface area (Å²) in [6.45, 7) is 5.84. The highest BCUT2D eigenvalue weighted by Gasteiger charge is 2.14. The normalized spacial score (nSPS) is 11.0. The molecule has 6 nitrogen and oxygen atoms in total. The number of nitrogens with zero attached hydrogens (tertiary/aromatic N) is 3. The second kappa shape index (κ2) is 7.11. The van der Waals surface area contributed by atoms with Crippen LogP contribution in [0.4, 0.5) is 10.1 Å². The van der Waals surface area contributed by atoms with Crippen molar-refractivity contribution in [2.45, 2.75) is 33.6 Å². The van der Waals surface area contributed by atoms with E-state index in [1.165, 1.54) is 25.3 Å². The van der Waals surface area contributed by atoms with Crippen molar-refractivity contribution < 1.29 is 13.9 Å². The topological polar surface area (TPSA) is 68.5 Å². The summed E-state index contributed by atoms with van der Waals surface area (Å²) in [5, 5.41) is 7.21. The molecule has 0 unspecified atom stereocenters. The molecule has 1 N–H and O–H groups in total. The molecule has 2 aromatic heterocycles. The van der Waals surface area contributed by atoms with Gasteiger partial charge in [0.05, 0.1) is 18.5 Å². The molecule has 136 valence electrons. The Bertz CT molecular complexity index is 981. The number of rotatable bonds is 5. The zero-order chi connectivity index (χ0) is 18.8. The van der Waals surface area contributed by atoms with Crippen LogP contribution in [0, 0.1) is 26.6 Å². The van der Waals surface area contributed by atoms with Gasteiger partial charge in [0.2, 0.25) is 5.91 Å². The van der Waals surface area contributed by atoms with Gasteiger partial charge in [-0.1, -0.05) is 0 Å². The fourth-order valence-corrected chi connectivity index (χ4v) is 3.02. The molecule has 0 aliphatic heterocycles. The molecule has 1 aromatic carbocycles. The first-order valence-electron chi connectivity index (χ1n) is 8.35.